The van der Waals surface area contributed by atoms with Crippen LogP contribution >= 0.6 is 0 Å². The summed E-state index contributed by atoms with van der Waals surface area (Å²) in [6.07, 6.45) is 6.93. The Morgan fingerprint density at radius 2 is 1.94 bits per heavy atom. The van der Waals surface area contributed by atoms with E-state index in [1.54, 1.807) is 0 Å². The van der Waals surface area contributed by atoms with E-state index in [4.69, 9.17) is 5.73 Å². The van der Waals surface area contributed by atoms with E-state index in [9.17, 15) is 0 Å². The van der Waals surface area contributed by atoms with Gasteiger partial charge in [0, 0.05) is 12.6 Å². The first-order valence-electron chi connectivity index (χ1n) is 7.24. The minimum Gasteiger partial charge on any atom is -0.327 e. The van der Waals surface area contributed by atoms with Gasteiger partial charge in [0.2, 0.25) is 0 Å². The van der Waals surface area contributed by atoms with Gasteiger partial charge in [0.05, 0.1) is 0 Å². The van der Waals surface area contributed by atoms with Gasteiger partial charge in [-0.3, -0.25) is 0 Å². The van der Waals surface area contributed by atoms with Gasteiger partial charge < -0.3 is 10.6 Å². The van der Waals surface area contributed by atoms with Crippen molar-refractivity contribution in [1.82, 2.24) is 4.90 Å². The van der Waals surface area contributed by atoms with Crippen molar-refractivity contribution in [2.75, 3.05) is 19.6 Å². The van der Waals surface area contributed by atoms with E-state index in [-0.39, 0.29) is 0 Å². The Balaban J connectivity index is 1.83. The first-order valence-corrected chi connectivity index (χ1v) is 7.24. The molecule has 2 bridgehead atoms. The third kappa shape index (κ3) is 2.43. The molecular weight excluding hydrogens is 196 g/mol. The molecule has 94 valence electrons. The summed E-state index contributed by atoms with van der Waals surface area (Å²) in [6.45, 7) is 8.29. The number of nitrogens with zero attached hydrogens (tertiary/aromatic N) is 1. The molecule has 0 spiro atoms. The molecule has 0 aromatic heterocycles. The molecule has 2 heteroatoms. The highest BCUT2D eigenvalue weighted by Gasteiger charge is 2.45. The lowest BCUT2D eigenvalue weighted by molar-refractivity contribution is 0.178. The molecule has 0 heterocycles. The number of rotatable bonds is 6. The lowest BCUT2D eigenvalue weighted by Gasteiger charge is -2.33. The van der Waals surface area contributed by atoms with Crippen molar-refractivity contribution < 1.29 is 0 Å². The second-order valence-electron chi connectivity index (χ2n) is 5.82. The molecule has 4 atom stereocenters. The van der Waals surface area contributed by atoms with Gasteiger partial charge in [-0.2, -0.15) is 0 Å². The summed E-state index contributed by atoms with van der Waals surface area (Å²) in [5.74, 6) is 2.62. The molecule has 2 rings (SSSR count). The van der Waals surface area contributed by atoms with E-state index < -0.39 is 0 Å². The summed E-state index contributed by atoms with van der Waals surface area (Å²) < 4.78 is 0. The second kappa shape index (κ2) is 5.50. The van der Waals surface area contributed by atoms with Gasteiger partial charge in [0.25, 0.3) is 0 Å². The third-order valence-corrected chi connectivity index (χ3v) is 4.90. The first kappa shape index (κ1) is 12.4. The number of hydrogen-bond acceptors (Lipinski definition) is 2. The van der Waals surface area contributed by atoms with Crippen LogP contribution in [0.4, 0.5) is 0 Å². The smallest absolute Gasteiger partial charge is 0.0111 e. The highest BCUT2D eigenvalue weighted by Crippen LogP contribution is 2.47. The Morgan fingerprint density at radius 3 is 2.50 bits per heavy atom. The minimum absolute atomic E-state index is 0.509. The number of fused-ring (bicyclic) bond motifs is 2. The molecule has 2 fully saturated rings. The molecule has 4 unspecified atom stereocenters. The van der Waals surface area contributed by atoms with Gasteiger partial charge >= 0.3 is 0 Å². The normalized spacial score (nSPS) is 37.5. The van der Waals surface area contributed by atoms with Crippen LogP contribution in [0.2, 0.25) is 0 Å². The monoisotopic (exact) mass is 224 g/mol. The zero-order valence-corrected chi connectivity index (χ0v) is 11.0. The quantitative estimate of drug-likeness (QED) is 0.751. The van der Waals surface area contributed by atoms with Gasteiger partial charge in [-0.1, -0.05) is 20.3 Å². The zero-order chi connectivity index (χ0) is 11.5. The molecule has 16 heavy (non-hydrogen) atoms. The van der Waals surface area contributed by atoms with Crippen LogP contribution in [0.15, 0.2) is 0 Å². The Morgan fingerprint density at radius 1 is 1.19 bits per heavy atom. The Labute approximate surface area is 101 Å². The Hall–Kier alpha value is -0.0800. The van der Waals surface area contributed by atoms with Crippen LogP contribution in [-0.4, -0.2) is 30.6 Å². The van der Waals surface area contributed by atoms with Crippen molar-refractivity contribution in [3.05, 3.63) is 0 Å². The van der Waals surface area contributed by atoms with E-state index >= 15 is 0 Å². The molecule has 0 aromatic carbocycles. The van der Waals surface area contributed by atoms with E-state index in [1.807, 2.05) is 0 Å². The molecule has 2 N–H and O–H groups in total. The molecular formula is C14H28N2. The van der Waals surface area contributed by atoms with Gasteiger partial charge in [-0.05, 0) is 56.5 Å². The summed E-state index contributed by atoms with van der Waals surface area (Å²) in [5.41, 5.74) is 6.37. The van der Waals surface area contributed by atoms with Crippen molar-refractivity contribution in [1.29, 1.82) is 0 Å². The van der Waals surface area contributed by atoms with E-state index in [1.165, 1.54) is 51.7 Å². The summed E-state index contributed by atoms with van der Waals surface area (Å²) in [5, 5.41) is 0. The summed E-state index contributed by atoms with van der Waals surface area (Å²) in [7, 11) is 0. The maximum Gasteiger partial charge on any atom is 0.0111 e. The van der Waals surface area contributed by atoms with Crippen LogP contribution in [0, 0.1) is 17.8 Å². The molecule has 0 aromatic rings. The first-order chi connectivity index (χ1) is 7.76. The Kier molecular flexibility index (Phi) is 4.26. The predicted octanol–water partition coefficient (Wildman–Crippen LogP) is 2.48. The molecule has 0 aliphatic heterocycles. The maximum absolute atomic E-state index is 6.37. The topological polar surface area (TPSA) is 29.3 Å². The SMILES string of the molecule is CCCCN(CC)CC1C2CCC(C2)C1N. The molecule has 2 saturated carbocycles. The fraction of sp³-hybridized carbons (Fsp3) is 1.00. The molecule has 2 nitrogen and oxygen atoms in total. The van der Waals surface area contributed by atoms with E-state index in [0.717, 1.165) is 17.8 Å². The van der Waals surface area contributed by atoms with Gasteiger partial charge in [-0.25, -0.2) is 0 Å². The highest BCUT2D eigenvalue weighted by molar-refractivity contribution is 4.99. The van der Waals surface area contributed by atoms with Crippen LogP contribution in [-0.2, 0) is 0 Å². The van der Waals surface area contributed by atoms with Gasteiger partial charge in [0.1, 0.15) is 0 Å². The fourth-order valence-corrected chi connectivity index (χ4v) is 3.78. The summed E-state index contributed by atoms with van der Waals surface area (Å²) >= 11 is 0. The van der Waals surface area contributed by atoms with Gasteiger partial charge in [-0.15, -0.1) is 0 Å². The largest absolute Gasteiger partial charge is 0.327 e. The molecule has 0 saturated heterocycles. The van der Waals surface area contributed by atoms with Crippen LogP contribution < -0.4 is 5.73 Å². The average molecular weight is 224 g/mol. The number of hydrogen-bond donors (Lipinski definition) is 1. The van der Waals surface area contributed by atoms with Crippen molar-refractivity contribution in [2.45, 2.75) is 52.0 Å². The lowest BCUT2D eigenvalue weighted by Crippen LogP contribution is -2.43. The van der Waals surface area contributed by atoms with Crippen LogP contribution in [0.5, 0.6) is 0 Å². The predicted molar refractivity (Wildman–Crippen MR) is 69.3 cm³/mol. The minimum atomic E-state index is 0.509. The van der Waals surface area contributed by atoms with Crippen LogP contribution in [0.25, 0.3) is 0 Å². The van der Waals surface area contributed by atoms with Crippen LogP contribution in [0.3, 0.4) is 0 Å². The highest BCUT2D eigenvalue weighted by atomic mass is 15.1. The fourth-order valence-electron chi connectivity index (χ4n) is 3.78. The summed E-state index contributed by atoms with van der Waals surface area (Å²) in [4.78, 5) is 2.62. The zero-order valence-electron chi connectivity index (χ0n) is 11.0. The summed E-state index contributed by atoms with van der Waals surface area (Å²) in [6, 6.07) is 0.509. The molecule has 2 aliphatic rings. The number of nitrogens with two attached hydrogens (primary N) is 1. The molecule has 0 amide bonds. The number of unbranched alkanes of at least 4 members (excludes halogenated alkanes) is 1. The third-order valence-electron chi connectivity index (χ3n) is 4.90. The average Bonchev–Trinajstić information content (AvgIpc) is 2.87. The second-order valence-corrected chi connectivity index (χ2v) is 5.82. The Bertz CT molecular complexity index is 215. The van der Waals surface area contributed by atoms with Crippen LogP contribution in [0.1, 0.15) is 46.0 Å². The van der Waals surface area contributed by atoms with Crippen molar-refractivity contribution in [2.24, 2.45) is 23.5 Å². The van der Waals surface area contributed by atoms with Crippen molar-refractivity contribution >= 4 is 0 Å². The van der Waals surface area contributed by atoms with Crippen molar-refractivity contribution in [3.8, 4) is 0 Å². The molecule has 2 aliphatic carbocycles. The maximum atomic E-state index is 6.37. The van der Waals surface area contributed by atoms with E-state index in [0.29, 0.717) is 6.04 Å². The van der Waals surface area contributed by atoms with Crippen molar-refractivity contribution in [3.63, 3.8) is 0 Å². The molecule has 0 radical (unpaired) electrons. The lowest BCUT2D eigenvalue weighted by atomic mass is 9.84. The standard InChI is InChI=1S/C14H28N2/c1-3-5-8-16(4-2)10-13-11-6-7-12(9-11)14(13)15/h11-14H,3-10,15H2,1-2H3. The van der Waals surface area contributed by atoms with E-state index in [2.05, 4.69) is 18.7 Å². The van der Waals surface area contributed by atoms with Gasteiger partial charge in [0.15, 0.2) is 0 Å².